The van der Waals surface area contributed by atoms with Crippen LogP contribution in [0.1, 0.15) is 18.4 Å². The van der Waals surface area contributed by atoms with Crippen molar-refractivity contribution in [3.63, 3.8) is 0 Å². The van der Waals surface area contributed by atoms with Gasteiger partial charge in [0.15, 0.2) is 0 Å². The Morgan fingerprint density at radius 1 is 1.33 bits per heavy atom. The van der Waals surface area contributed by atoms with Crippen LogP contribution in [0.25, 0.3) is 0 Å². The third-order valence-corrected chi connectivity index (χ3v) is 3.25. The van der Waals surface area contributed by atoms with Gasteiger partial charge in [0.2, 0.25) is 0 Å². The smallest absolute Gasteiger partial charge is 0.119 e. The van der Waals surface area contributed by atoms with Crippen molar-refractivity contribution in [3.05, 3.63) is 29.8 Å². The predicted octanol–water partition coefficient (Wildman–Crippen LogP) is 1.33. The molecule has 4 nitrogen and oxygen atoms in total. The fourth-order valence-electron chi connectivity index (χ4n) is 2.15. The Morgan fingerprint density at radius 2 is 2.11 bits per heavy atom. The second-order valence-electron chi connectivity index (χ2n) is 4.84. The zero-order valence-corrected chi connectivity index (χ0v) is 10.8. The van der Waals surface area contributed by atoms with Gasteiger partial charge in [-0.05, 0) is 43.6 Å². The highest BCUT2D eigenvalue weighted by atomic mass is 16.5. The summed E-state index contributed by atoms with van der Waals surface area (Å²) in [6, 6.07) is 7.79. The van der Waals surface area contributed by atoms with Crippen molar-refractivity contribution in [1.82, 2.24) is 5.32 Å². The van der Waals surface area contributed by atoms with Gasteiger partial charge in [-0.3, -0.25) is 0 Å². The molecule has 2 N–H and O–H groups in total. The number of hydrogen-bond donors (Lipinski definition) is 2. The van der Waals surface area contributed by atoms with Gasteiger partial charge in [-0.1, -0.05) is 12.1 Å². The van der Waals surface area contributed by atoms with E-state index in [4.69, 9.17) is 9.47 Å². The third-order valence-electron chi connectivity index (χ3n) is 3.25. The summed E-state index contributed by atoms with van der Waals surface area (Å²) < 4.78 is 10.8. The van der Waals surface area contributed by atoms with Crippen LogP contribution in [0.5, 0.6) is 5.75 Å². The van der Waals surface area contributed by atoms with Crippen LogP contribution >= 0.6 is 0 Å². The molecule has 0 spiro atoms. The first kappa shape index (κ1) is 13.3. The van der Waals surface area contributed by atoms with Gasteiger partial charge in [0.1, 0.15) is 18.0 Å². The first-order valence-corrected chi connectivity index (χ1v) is 6.36. The van der Waals surface area contributed by atoms with Crippen LogP contribution in [0.2, 0.25) is 0 Å². The van der Waals surface area contributed by atoms with E-state index < -0.39 is 5.60 Å². The predicted molar refractivity (Wildman–Crippen MR) is 69.7 cm³/mol. The molecule has 4 heteroatoms. The fraction of sp³-hybridized carbons (Fsp3) is 0.571. The molecule has 100 valence electrons. The molecule has 1 saturated heterocycles. The molecule has 2 rings (SSSR count). The average molecular weight is 251 g/mol. The SMILES string of the molecule is COCc1cccc(OCC2(O)CCNCC2)c1. The maximum absolute atomic E-state index is 10.3. The van der Waals surface area contributed by atoms with E-state index in [1.807, 2.05) is 24.3 Å². The lowest BCUT2D eigenvalue weighted by Crippen LogP contribution is -2.45. The Balaban J connectivity index is 1.90. The van der Waals surface area contributed by atoms with E-state index in [1.54, 1.807) is 7.11 Å². The number of nitrogens with one attached hydrogen (secondary N) is 1. The molecular formula is C14H21NO3. The summed E-state index contributed by atoms with van der Waals surface area (Å²) in [6.45, 7) is 2.63. The Hall–Kier alpha value is -1.10. The minimum atomic E-state index is -0.692. The molecule has 0 saturated carbocycles. The lowest BCUT2D eigenvalue weighted by Gasteiger charge is -2.32. The highest BCUT2D eigenvalue weighted by molar-refractivity contribution is 5.28. The topological polar surface area (TPSA) is 50.7 Å². The number of benzene rings is 1. The lowest BCUT2D eigenvalue weighted by atomic mass is 9.93. The molecule has 0 aliphatic carbocycles. The molecule has 0 radical (unpaired) electrons. The van der Waals surface area contributed by atoms with E-state index in [2.05, 4.69) is 5.32 Å². The molecule has 1 aliphatic heterocycles. The minimum absolute atomic E-state index is 0.352. The van der Waals surface area contributed by atoms with E-state index in [-0.39, 0.29) is 0 Å². The summed E-state index contributed by atoms with van der Waals surface area (Å²) in [7, 11) is 1.67. The van der Waals surface area contributed by atoms with E-state index in [0.29, 0.717) is 13.2 Å². The van der Waals surface area contributed by atoms with E-state index in [0.717, 1.165) is 37.2 Å². The second-order valence-corrected chi connectivity index (χ2v) is 4.84. The van der Waals surface area contributed by atoms with Crippen molar-refractivity contribution in [3.8, 4) is 5.75 Å². The summed E-state index contributed by atoms with van der Waals surface area (Å²) in [5.41, 5.74) is 0.384. The molecule has 1 fully saturated rings. The number of piperidine rings is 1. The van der Waals surface area contributed by atoms with Crippen LogP contribution in [-0.2, 0) is 11.3 Å². The normalized spacial score (nSPS) is 18.6. The van der Waals surface area contributed by atoms with Gasteiger partial charge < -0.3 is 19.9 Å². The fourth-order valence-corrected chi connectivity index (χ4v) is 2.15. The van der Waals surface area contributed by atoms with Crippen LogP contribution in [0.3, 0.4) is 0 Å². The first-order chi connectivity index (χ1) is 8.72. The summed E-state index contributed by atoms with van der Waals surface area (Å²) in [5.74, 6) is 0.788. The maximum Gasteiger partial charge on any atom is 0.119 e. The van der Waals surface area contributed by atoms with Crippen molar-refractivity contribution in [1.29, 1.82) is 0 Å². The Morgan fingerprint density at radius 3 is 2.83 bits per heavy atom. The summed E-state index contributed by atoms with van der Waals surface area (Å²) >= 11 is 0. The first-order valence-electron chi connectivity index (χ1n) is 6.36. The quantitative estimate of drug-likeness (QED) is 0.829. The molecule has 1 aliphatic rings. The van der Waals surface area contributed by atoms with E-state index in [9.17, 15) is 5.11 Å². The molecule has 1 aromatic carbocycles. The zero-order valence-electron chi connectivity index (χ0n) is 10.8. The Kier molecular flexibility index (Phi) is 4.58. The van der Waals surface area contributed by atoms with Gasteiger partial charge in [-0.25, -0.2) is 0 Å². The van der Waals surface area contributed by atoms with Crippen LogP contribution in [-0.4, -0.2) is 37.5 Å². The number of ether oxygens (including phenoxy) is 2. The highest BCUT2D eigenvalue weighted by Crippen LogP contribution is 2.21. The molecule has 18 heavy (non-hydrogen) atoms. The van der Waals surface area contributed by atoms with Crippen molar-refractivity contribution < 1.29 is 14.6 Å². The van der Waals surface area contributed by atoms with Gasteiger partial charge in [0.25, 0.3) is 0 Å². The summed E-state index contributed by atoms with van der Waals surface area (Å²) in [6.07, 6.45) is 1.48. The number of hydrogen-bond acceptors (Lipinski definition) is 4. The Labute approximate surface area is 108 Å². The van der Waals surface area contributed by atoms with E-state index >= 15 is 0 Å². The van der Waals surface area contributed by atoms with Crippen LogP contribution in [0.15, 0.2) is 24.3 Å². The minimum Gasteiger partial charge on any atom is -0.491 e. The molecule has 1 heterocycles. The van der Waals surface area contributed by atoms with Gasteiger partial charge >= 0.3 is 0 Å². The molecule has 0 unspecified atom stereocenters. The summed E-state index contributed by atoms with van der Waals surface area (Å²) in [4.78, 5) is 0. The van der Waals surface area contributed by atoms with Crippen molar-refractivity contribution in [2.75, 3.05) is 26.8 Å². The number of methoxy groups -OCH3 is 1. The van der Waals surface area contributed by atoms with Crippen molar-refractivity contribution in [2.45, 2.75) is 25.0 Å². The largest absolute Gasteiger partial charge is 0.491 e. The highest BCUT2D eigenvalue weighted by Gasteiger charge is 2.29. The number of aliphatic hydroxyl groups is 1. The van der Waals surface area contributed by atoms with E-state index in [1.165, 1.54) is 0 Å². The van der Waals surface area contributed by atoms with Gasteiger partial charge in [-0.2, -0.15) is 0 Å². The molecular weight excluding hydrogens is 230 g/mol. The monoisotopic (exact) mass is 251 g/mol. The van der Waals surface area contributed by atoms with Gasteiger partial charge in [-0.15, -0.1) is 0 Å². The lowest BCUT2D eigenvalue weighted by molar-refractivity contribution is -0.0286. The van der Waals surface area contributed by atoms with Crippen LogP contribution in [0, 0.1) is 0 Å². The summed E-state index contributed by atoms with van der Waals surface area (Å²) in [5, 5.41) is 13.5. The molecule has 0 atom stereocenters. The standard InChI is InChI=1S/C14H21NO3/c1-17-10-12-3-2-4-13(9-12)18-11-14(16)5-7-15-8-6-14/h2-4,9,15-16H,5-8,10-11H2,1H3. The molecule has 0 aromatic heterocycles. The van der Waals surface area contributed by atoms with Gasteiger partial charge in [0, 0.05) is 7.11 Å². The number of rotatable bonds is 5. The maximum atomic E-state index is 10.3. The van der Waals surface area contributed by atoms with Gasteiger partial charge in [0.05, 0.1) is 6.61 Å². The van der Waals surface area contributed by atoms with Crippen LogP contribution < -0.4 is 10.1 Å². The second kappa shape index (κ2) is 6.18. The third kappa shape index (κ3) is 3.70. The van der Waals surface area contributed by atoms with Crippen molar-refractivity contribution >= 4 is 0 Å². The Bertz CT molecular complexity index is 375. The average Bonchev–Trinajstić information content (AvgIpc) is 2.38. The molecule has 1 aromatic rings. The van der Waals surface area contributed by atoms with Crippen molar-refractivity contribution in [2.24, 2.45) is 0 Å². The van der Waals surface area contributed by atoms with Crippen LogP contribution in [0.4, 0.5) is 0 Å². The zero-order chi connectivity index (χ0) is 12.8. The molecule has 0 amide bonds. The molecule has 0 bridgehead atoms.